The van der Waals surface area contributed by atoms with E-state index in [4.69, 9.17) is 3.87 Å². The Labute approximate surface area is 105 Å². The van der Waals surface area contributed by atoms with E-state index in [2.05, 4.69) is 41.6 Å². The van der Waals surface area contributed by atoms with Gasteiger partial charge in [-0.3, -0.25) is 0 Å². The van der Waals surface area contributed by atoms with Gasteiger partial charge in [0.1, 0.15) is 0 Å². The molecule has 0 radical (unpaired) electrons. The third-order valence-electron chi connectivity index (χ3n) is 1.77. The Bertz CT molecular complexity index is 322. The predicted molar refractivity (Wildman–Crippen MR) is 60.7 cm³/mol. The van der Waals surface area contributed by atoms with Gasteiger partial charge in [0, 0.05) is 0 Å². The van der Waals surface area contributed by atoms with E-state index in [0.29, 0.717) is 0 Å². The first kappa shape index (κ1) is 14.7. The molecule has 2 rings (SSSR count). The van der Waals surface area contributed by atoms with E-state index in [1.165, 1.54) is 11.1 Å². The average Bonchev–Trinajstić information content (AvgIpc) is 2.34. The van der Waals surface area contributed by atoms with Crippen molar-refractivity contribution >= 4 is 0 Å². The van der Waals surface area contributed by atoms with Crippen molar-refractivity contribution in [3.05, 3.63) is 71.8 Å². The normalized spacial score (nSPS) is 7.94. The van der Waals surface area contributed by atoms with Gasteiger partial charge in [-0.25, -0.2) is 0 Å². The number of rotatable bonds is 0. The van der Waals surface area contributed by atoms with Crippen LogP contribution in [0.3, 0.4) is 0 Å². The Morgan fingerprint density at radius 3 is 1.12 bits per heavy atom. The molecular weight excluding hydrogens is 243 g/mol. The molecule has 0 atom stereocenters. The second kappa shape index (κ2) is 10.3. The zero-order chi connectivity index (χ0) is 12.2. The summed E-state index contributed by atoms with van der Waals surface area (Å²) >= 11 is 2.31. The van der Waals surface area contributed by atoms with E-state index >= 15 is 0 Å². The van der Waals surface area contributed by atoms with Gasteiger partial charge in [0.15, 0.2) is 0 Å². The van der Waals surface area contributed by atoms with Crippen molar-refractivity contribution < 1.29 is 19.5 Å². The molecule has 0 amide bonds. The van der Waals surface area contributed by atoms with Gasteiger partial charge < -0.3 is 0 Å². The van der Waals surface area contributed by atoms with Gasteiger partial charge in [-0.05, 0) is 0 Å². The van der Waals surface area contributed by atoms with E-state index < -0.39 is 0 Å². The molecule has 0 fully saturated rings. The van der Waals surface area contributed by atoms with Gasteiger partial charge in [0.2, 0.25) is 0 Å². The monoisotopic (exact) mass is 257 g/mol. The standard InChI is InChI=1S/2C7H7.Co.O/c2*1-7-5-3-2-4-6-7;;/h2*3-6H,1H3;;/q2*-1;;. The van der Waals surface area contributed by atoms with E-state index in [1.807, 2.05) is 48.5 Å². The summed E-state index contributed by atoms with van der Waals surface area (Å²) in [7, 11) is 0. The zero-order valence-electron chi connectivity index (χ0n) is 9.36. The molecule has 0 spiro atoms. The zero-order valence-corrected chi connectivity index (χ0v) is 10.4. The predicted octanol–water partition coefficient (Wildman–Crippen LogP) is 3.47. The summed E-state index contributed by atoms with van der Waals surface area (Å²) < 4.78 is 7.94. The summed E-state index contributed by atoms with van der Waals surface area (Å²) in [6.45, 7) is 4.13. The summed E-state index contributed by atoms with van der Waals surface area (Å²) in [6.07, 6.45) is 0. The fraction of sp³-hybridized carbons (Fsp3) is 0.143. The Kier molecular flexibility index (Phi) is 9.47. The molecule has 2 heteroatoms. The average molecular weight is 257 g/mol. The van der Waals surface area contributed by atoms with Crippen molar-refractivity contribution in [1.82, 2.24) is 0 Å². The van der Waals surface area contributed by atoms with Crippen LogP contribution in [0, 0.1) is 26.0 Å². The molecule has 0 aliphatic rings. The van der Waals surface area contributed by atoms with Crippen LogP contribution in [0.1, 0.15) is 11.1 Å². The van der Waals surface area contributed by atoms with Crippen LogP contribution in [0.15, 0.2) is 48.5 Å². The maximum atomic E-state index is 7.94. The molecule has 2 aromatic rings. The van der Waals surface area contributed by atoms with Gasteiger partial charge >= 0.3 is 19.5 Å². The molecule has 2 aromatic carbocycles. The summed E-state index contributed by atoms with van der Waals surface area (Å²) in [5.41, 5.74) is 2.58. The summed E-state index contributed by atoms with van der Waals surface area (Å²) in [6, 6.07) is 21.6. The minimum absolute atomic E-state index is 1.29. The molecule has 0 saturated heterocycles. The molecule has 87 valence electrons. The first-order chi connectivity index (χ1) is 7.79. The SMILES string of the molecule is Cc1cc[c-]cc1.Cc1cc[c-]cc1.[O]=[Co]. The Balaban J connectivity index is 0.000000244. The summed E-state index contributed by atoms with van der Waals surface area (Å²) in [5.74, 6) is 0. The fourth-order valence-corrected chi connectivity index (χ4v) is 0.940. The molecule has 16 heavy (non-hydrogen) atoms. The first-order valence-corrected chi connectivity index (χ1v) is 5.20. The van der Waals surface area contributed by atoms with Crippen molar-refractivity contribution in [2.45, 2.75) is 13.8 Å². The number of hydrogen-bond acceptors (Lipinski definition) is 1. The third-order valence-corrected chi connectivity index (χ3v) is 1.77. The quantitative estimate of drug-likeness (QED) is 0.660. The molecule has 0 N–H and O–H groups in total. The molecule has 0 aliphatic heterocycles. The molecule has 0 aromatic heterocycles. The molecule has 1 nitrogen and oxygen atoms in total. The van der Waals surface area contributed by atoms with Gasteiger partial charge in [0.25, 0.3) is 0 Å². The molecular formula is C14H14CoO-2. The number of aryl methyl sites for hydroxylation is 2. The van der Waals surface area contributed by atoms with E-state index in [1.54, 1.807) is 0 Å². The summed E-state index contributed by atoms with van der Waals surface area (Å²) in [4.78, 5) is 0. The van der Waals surface area contributed by atoms with Crippen LogP contribution >= 0.6 is 0 Å². The van der Waals surface area contributed by atoms with E-state index in [9.17, 15) is 0 Å². The van der Waals surface area contributed by atoms with Crippen LogP contribution in [0.4, 0.5) is 0 Å². The van der Waals surface area contributed by atoms with Crippen molar-refractivity contribution in [3.63, 3.8) is 0 Å². The van der Waals surface area contributed by atoms with Gasteiger partial charge in [-0.1, -0.05) is 13.8 Å². The molecule has 0 heterocycles. The molecule has 0 bridgehead atoms. The molecule has 0 saturated carbocycles. The van der Waals surface area contributed by atoms with E-state index in [-0.39, 0.29) is 0 Å². The van der Waals surface area contributed by atoms with Crippen molar-refractivity contribution in [2.24, 2.45) is 0 Å². The first-order valence-electron chi connectivity index (χ1n) is 4.78. The second-order valence-electron chi connectivity index (χ2n) is 3.15. The Morgan fingerprint density at radius 2 is 1.00 bits per heavy atom. The van der Waals surface area contributed by atoms with E-state index in [0.717, 1.165) is 0 Å². The summed E-state index contributed by atoms with van der Waals surface area (Å²) in [5, 5.41) is 0. The van der Waals surface area contributed by atoms with Crippen molar-refractivity contribution in [3.8, 4) is 0 Å². The maximum absolute atomic E-state index is 7.94. The minimum atomic E-state index is 1.29. The van der Waals surface area contributed by atoms with Gasteiger partial charge in [-0.15, -0.1) is 0 Å². The van der Waals surface area contributed by atoms with Crippen LogP contribution in [-0.4, -0.2) is 0 Å². The fourth-order valence-electron chi connectivity index (χ4n) is 0.940. The van der Waals surface area contributed by atoms with Crippen molar-refractivity contribution in [2.75, 3.05) is 0 Å². The second-order valence-corrected chi connectivity index (χ2v) is 3.15. The van der Waals surface area contributed by atoms with Gasteiger partial charge in [-0.2, -0.15) is 71.8 Å². The van der Waals surface area contributed by atoms with Gasteiger partial charge in [0.05, 0.1) is 0 Å². The van der Waals surface area contributed by atoms with Crippen LogP contribution in [0.2, 0.25) is 0 Å². The molecule has 0 aliphatic carbocycles. The molecule has 0 unspecified atom stereocenters. The number of hydrogen-bond donors (Lipinski definition) is 0. The van der Waals surface area contributed by atoms with Crippen LogP contribution < -0.4 is 0 Å². The Hall–Kier alpha value is -1.25. The van der Waals surface area contributed by atoms with Crippen LogP contribution in [0.25, 0.3) is 0 Å². The van der Waals surface area contributed by atoms with Crippen LogP contribution in [0.5, 0.6) is 0 Å². The Morgan fingerprint density at radius 1 is 0.750 bits per heavy atom. The topological polar surface area (TPSA) is 17.1 Å². The third kappa shape index (κ3) is 8.09. The van der Waals surface area contributed by atoms with Crippen molar-refractivity contribution in [1.29, 1.82) is 0 Å². The van der Waals surface area contributed by atoms with Crippen LogP contribution in [-0.2, 0) is 19.5 Å². The number of benzene rings is 2.